The van der Waals surface area contributed by atoms with Crippen molar-refractivity contribution in [2.75, 3.05) is 16.4 Å². The molecule has 26 heavy (non-hydrogen) atoms. The van der Waals surface area contributed by atoms with Crippen molar-refractivity contribution in [1.29, 1.82) is 0 Å². The number of thioether (sulfide) groups is 1. The minimum atomic E-state index is -3.10. The van der Waals surface area contributed by atoms with Gasteiger partial charge in [-0.3, -0.25) is 9.59 Å². The topological polar surface area (TPSA) is 104 Å². The van der Waals surface area contributed by atoms with E-state index in [4.69, 9.17) is 5.11 Å². The number of amides is 1. The highest BCUT2D eigenvalue weighted by Gasteiger charge is 2.49. The molecule has 1 amide bonds. The number of hydrogen-bond acceptors (Lipinski definition) is 5. The molecule has 140 valence electrons. The Bertz CT molecular complexity index is 866. The number of carbonyl (C=O) groups is 2. The van der Waals surface area contributed by atoms with E-state index in [1.165, 1.54) is 11.8 Å². The van der Waals surface area contributed by atoms with E-state index in [-0.39, 0.29) is 48.0 Å². The third-order valence-corrected chi connectivity index (χ3v) is 7.65. The molecule has 3 rings (SSSR count). The number of nitrogens with zero attached hydrogens (tertiary/aromatic N) is 2. The van der Waals surface area contributed by atoms with Crippen LogP contribution in [0.2, 0.25) is 0 Å². The van der Waals surface area contributed by atoms with E-state index in [1.807, 2.05) is 36.1 Å². The number of carboxylic acids is 1. The van der Waals surface area contributed by atoms with Crippen LogP contribution in [0.15, 0.2) is 29.3 Å². The monoisotopic (exact) mass is 396 g/mol. The fraction of sp³-hybridized carbons (Fsp3) is 0.471. The molecule has 0 saturated carbocycles. The third kappa shape index (κ3) is 4.09. The fourth-order valence-corrected chi connectivity index (χ4v) is 7.16. The molecule has 9 heteroatoms. The first kappa shape index (κ1) is 18.9. The summed E-state index contributed by atoms with van der Waals surface area (Å²) in [7, 11) is -3.10. The van der Waals surface area contributed by atoms with Gasteiger partial charge in [-0.1, -0.05) is 30.0 Å². The second-order valence-corrected chi connectivity index (χ2v) is 9.85. The molecule has 0 radical (unpaired) electrons. The second-order valence-electron chi connectivity index (χ2n) is 6.49. The van der Waals surface area contributed by atoms with Crippen LogP contribution in [0.25, 0.3) is 0 Å². The van der Waals surface area contributed by atoms with Gasteiger partial charge in [-0.05, 0) is 25.0 Å². The number of para-hydroxylation sites is 1. The molecule has 2 saturated heterocycles. The van der Waals surface area contributed by atoms with Crippen LogP contribution in [0.1, 0.15) is 24.8 Å². The van der Waals surface area contributed by atoms with Crippen molar-refractivity contribution >= 4 is 44.3 Å². The van der Waals surface area contributed by atoms with E-state index >= 15 is 0 Å². The predicted molar refractivity (Wildman–Crippen MR) is 101 cm³/mol. The van der Waals surface area contributed by atoms with Crippen molar-refractivity contribution in [3.8, 4) is 0 Å². The van der Waals surface area contributed by atoms with Crippen LogP contribution >= 0.6 is 11.8 Å². The van der Waals surface area contributed by atoms with Gasteiger partial charge < -0.3 is 10.0 Å². The van der Waals surface area contributed by atoms with E-state index in [9.17, 15) is 18.0 Å². The summed E-state index contributed by atoms with van der Waals surface area (Å²) < 4.78 is 24.1. The Morgan fingerprint density at radius 1 is 1.27 bits per heavy atom. The summed E-state index contributed by atoms with van der Waals surface area (Å²) in [5, 5.41) is 9.03. The summed E-state index contributed by atoms with van der Waals surface area (Å²) in [6.45, 7) is 1.93. The van der Waals surface area contributed by atoms with Crippen molar-refractivity contribution in [3.63, 3.8) is 0 Å². The number of sulfone groups is 1. The highest BCUT2D eigenvalue weighted by atomic mass is 32.2. The maximum atomic E-state index is 12.2. The van der Waals surface area contributed by atoms with Gasteiger partial charge in [0.15, 0.2) is 15.0 Å². The first-order valence-electron chi connectivity index (χ1n) is 8.32. The summed E-state index contributed by atoms with van der Waals surface area (Å²) in [4.78, 5) is 28.8. The zero-order valence-corrected chi connectivity index (χ0v) is 15.9. The van der Waals surface area contributed by atoms with E-state index in [0.29, 0.717) is 5.17 Å². The van der Waals surface area contributed by atoms with Gasteiger partial charge in [0, 0.05) is 23.8 Å². The van der Waals surface area contributed by atoms with Crippen molar-refractivity contribution < 1.29 is 23.1 Å². The number of anilines is 1. The lowest BCUT2D eigenvalue weighted by atomic mass is 10.1. The lowest BCUT2D eigenvalue weighted by molar-refractivity contribution is -0.137. The number of hydrogen-bond donors (Lipinski definition) is 1. The van der Waals surface area contributed by atoms with E-state index in [0.717, 1.165) is 11.3 Å². The summed E-state index contributed by atoms with van der Waals surface area (Å²) in [5.74, 6) is -1.19. The van der Waals surface area contributed by atoms with Gasteiger partial charge in [-0.15, -0.1) is 0 Å². The van der Waals surface area contributed by atoms with Crippen LogP contribution in [-0.2, 0) is 19.4 Å². The smallest absolute Gasteiger partial charge is 0.303 e. The van der Waals surface area contributed by atoms with Crippen LogP contribution < -0.4 is 4.90 Å². The minimum absolute atomic E-state index is 0.0469. The molecule has 2 aliphatic heterocycles. The molecule has 1 aromatic rings. The molecule has 0 bridgehead atoms. The third-order valence-electron chi connectivity index (χ3n) is 4.44. The van der Waals surface area contributed by atoms with Gasteiger partial charge in [-0.2, -0.15) is 4.99 Å². The Morgan fingerprint density at radius 2 is 2.00 bits per heavy atom. The van der Waals surface area contributed by atoms with Crippen LogP contribution in [0.5, 0.6) is 0 Å². The summed E-state index contributed by atoms with van der Waals surface area (Å²) >= 11 is 1.32. The molecule has 0 aliphatic carbocycles. The number of carboxylic acid groups (broad SMARTS) is 1. The quantitative estimate of drug-likeness (QED) is 0.810. The summed E-state index contributed by atoms with van der Waals surface area (Å²) in [6.07, 6.45) is 0.224. The van der Waals surface area contributed by atoms with Crippen LogP contribution in [0, 0.1) is 6.92 Å². The molecule has 0 spiro atoms. The van der Waals surface area contributed by atoms with Gasteiger partial charge in [0.1, 0.15) is 0 Å². The number of carbonyl (C=O) groups excluding carboxylic acids is 1. The highest BCUT2D eigenvalue weighted by Crippen LogP contribution is 2.41. The molecule has 0 aromatic heterocycles. The molecule has 1 N–H and O–H groups in total. The maximum absolute atomic E-state index is 12.2. The first-order chi connectivity index (χ1) is 12.3. The average molecular weight is 396 g/mol. The van der Waals surface area contributed by atoms with Crippen molar-refractivity contribution in [2.45, 2.75) is 37.5 Å². The summed E-state index contributed by atoms with van der Waals surface area (Å²) in [6, 6.07) is 7.36. The molecule has 2 heterocycles. The van der Waals surface area contributed by atoms with Gasteiger partial charge in [-0.25, -0.2) is 8.42 Å². The Hall–Kier alpha value is -1.87. The molecular formula is C17H20N2O5S2. The van der Waals surface area contributed by atoms with Gasteiger partial charge in [0.25, 0.3) is 0 Å². The number of benzene rings is 1. The molecule has 2 fully saturated rings. The van der Waals surface area contributed by atoms with Gasteiger partial charge in [0.2, 0.25) is 5.91 Å². The Morgan fingerprint density at radius 3 is 2.69 bits per heavy atom. The largest absolute Gasteiger partial charge is 0.481 e. The number of aliphatic imine (C=N–C) groups is 1. The van der Waals surface area contributed by atoms with E-state index < -0.39 is 15.8 Å². The van der Waals surface area contributed by atoms with Crippen molar-refractivity contribution in [2.24, 2.45) is 4.99 Å². The average Bonchev–Trinajstić information content (AvgIpc) is 2.98. The Balaban J connectivity index is 1.87. The second kappa shape index (κ2) is 7.40. The van der Waals surface area contributed by atoms with Crippen molar-refractivity contribution in [3.05, 3.63) is 29.8 Å². The SMILES string of the molecule is Cc1ccccc1N1C(=NC(=O)CCCC(=O)O)S[C@@H]2CS(=O)(=O)C[C@@H]21. The Kier molecular flexibility index (Phi) is 5.38. The lowest BCUT2D eigenvalue weighted by Crippen LogP contribution is -2.38. The lowest BCUT2D eigenvalue weighted by Gasteiger charge is -2.26. The number of rotatable bonds is 5. The van der Waals surface area contributed by atoms with Crippen LogP contribution in [-0.4, -0.2) is 53.4 Å². The zero-order chi connectivity index (χ0) is 18.9. The number of aliphatic carboxylic acids is 1. The van der Waals surface area contributed by atoms with Crippen molar-refractivity contribution in [1.82, 2.24) is 0 Å². The molecular weight excluding hydrogens is 376 g/mol. The number of amidine groups is 1. The molecule has 2 atom stereocenters. The molecule has 1 aromatic carbocycles. The Labute approximate surface area is 156 Å². The van der Waals surface area contributed by atoms with Crippen LogP contribution in [0.4, 0.5) is 5.69 Å². The zero-order valence-electron chi connectivity index (χ0n) is 14.3. The van der Waals surface area contributed by atoms with Crippen LogP contribution in [0.3, 0.4) is 0 Å². The number of fused-ring (bicyclic) bond motifs is 1. The highest BCUT2D eigenvalue weighted by molar-refractivity contribution is 8.16. The number of aryl methyl sites for hydroxylation is 1. The minimum Gasteiger partial charge on any atom is -0.481 e. The molecule has 2 aliphatic rings. The van der Waals surface area contributed by atoms with E-state index in [2.05, 4.69) is 4.99 Å². The molecule has 0 unspecified atom stereocenters. The fourth-order valence-electron chi connectivity index (χ4n) is 3.23. The first-order valence-corrected chi connectivity index (χ1v) is 11.0. The normalized spacial score (nSPS) is 25.4. The standard InChI is InChI=1S/C17H20N2O5S2/c1-11-5-2-3-6-12(11)19-13-9-26(23,24)10-14(13)25-17(19)18-15(20)7-4-8-16(21)22/h2-3,5-6,13-14H,4,7-10H2,1H3,(H,21,22)/t13-,14+/m0/s1. The van der Waals surface area contributed by atoms with E-state index in [1.54, 1.807) is 0 Å². The predicted octanol–water partition coefficient (Wildman–Crippen LogP) is 1.85. The maximum Gasteiger partial charge on any atom is 0.303 e. The summed E-state index contributed by atoms with van der Waals surface area (Å²) in [5.41, 5.74) is 1.82. The van der Waals surface area contributed by atoms with Gasteiger partial charge in [0.05, 0.1) is 17.5 Å². The molecule has 7 nitrogen and oxygen atoms in total. The van der Waals surface area contributed by atoms with Gasteiger partial charge >= 0.3 is 5.97 Å².